The van der Waals surface area contributed by atoms with E-state index < -0.39 is 16.0 Å². The third-order valence-corrected chi connectivity index (χ3v) is 6.95. The van der Waals surface area contributed by atoms with Crippen LogP contribution < -0.4 is 4.74 Å². The molecule has 7 heteroatoms. The summed E-state index contributed by atoms with van der Waals surface area (Å²) in [4.78, 5) is 12.7. The van der Waals surface area contributed by atoms with Crippen LogP contribution in [-0.4, -0.2) is 31.8 Å². The monoisotopic (exact) mass is 423 g/mol. The lowest BCUT2D eigenvalue weighted by Crippen LogP contribution is -2.30. The van der Waals surface area contributed by atoms with Crippen LogP contribution in [0.2, 0.25) is 5.02 Å². The highest BCUT2D eigenvalue weighted by Crippen LogP contribution is 2.27. The van der Waals surface area contributed by atoms with Gasteiger partial charge in [0.2, 0.25) is 10.0 Å². The van der Waals surface area contributed by atoms with Crippen LogP contribution in [0.3, 0.4) is 0 Å². The van der Waals surface area contributed by atoms with Gasteiger partial charge in [0.15, 0.2) is 0 Å². The van der Waals surface area contributed by atoms with Crippen LogP contribution in [0.4, 0.5) is 0 Å². The summed E-state index contributed by atoms with van der Waals surface area (Å²) in [5, 5.41) is 0.138. The fourth-order valence-electron chi connectivity index (χ4n) is 3.06. The lowest BCUT2D eigenvalue weighted by molar-refractivity contribution is 0.0734. The van der Waals surface area contributed by atoms with Crippen LogP contribution in [0.15, 0.2) is 41.3 Å². The van der Waals surface area contributed by atoms with E-state index >= 15 is 0 Å². The third-order valence-electron chi connectivity index (χ3n) is 4.57. The molecule has 0 aliphatic carbocycles. The molecule has 5 nitrogen and oxygen atoms in total. The zero-order valence-corrected chi connectivity index (χ0v) is 18.4. The second kappa shape index (κ2) is 9.07. The summed E-state index contributed by atoms with van der Waals surface area (Å²) in [5.74, 6) is 0.0550. The first-order valence-electron chi connectivity index (χ1n) is 9.24. The van der Waals surface area contributed by atoms with Crippen molar-refractivity contribution in [2.75, 3.05) is 13.1 Å². The van der Waals surface area contributed by atoms with Gasteiger partial charge in [-0.05, 0) is 54.3 Å². The molecule has 2 aromatic carbocycles. The van der Waals surface area contributed by atoms with Crippen LogP contribution in [0, 0.1) is 6.92 Å². The van der Waals surface area contributed by atoms with E-state index in [0.29, 0.717) is 24.8 Å². The first-order valence-corrected chi connectivity index (χ1v) is 11.1. The molecule has 0 aliphatic heterocycles. The Balaban J connectivity index is 2.35. The van der Waals surface area contributed by atoms with Crippen molar-refractivity contribution in [2.45, 2.75) is 45.4 Å². The zero-order chi connectivity index (χ0) is 21.1. The smallest absolute Gasteiger partial charge is 0.345 e. The number of halogens is 1. The number of sulfonamides is 1. The Morgan fingerprint density at radius 1 is 1.11 bits per heavy atom. The average Bonchev–Trinajstić information content (AvgIpc) is 2.62. The number of hydrogen-bond acceptors (Lipinski definition) is 4. The molecule has 0 heterocycles. The van der Waals surface area contributed by atoms with Crippen molar-refractivity contribution >= 4 is 27.6 Å². The second-order valence-electron chi connectivity index (χ2n) is 6.79. The summed E-state index contributed by atoms with van der Waals surface area (Å²) < 4.78 is 32.2. The molecule has 0 amide bonds. The van der Waals surface area contributed by atoms with Crippen LogP contribution in [0.5, 0.6) is 5.75 Å². The van der Waals surface area contributed by atoms with Crippen molar-refractivity contribution in [3.63, 3.8) is 0 Å². The highest BCUT2D eigenvalue weighted by atomic mass is 35.5. The molecule has 28 heavy (non-hydrogen) atoms. The molecule has 0 N–H and O–H groups in total. The molecule has 2 rings (SSSR count). The van der Waals surface area contributed by atoms with Crippen LogP contribution in [-0.2, 0) is 10.0 Å². The summed E-state index contributed by atoms with van der Waals surface area (Å²) in [7, 11) is -3.70. The van der Waals surface area contributed by atoms with Crippen molar-refractivity contribution in [3.05, 3.63) is 58.1 Å². The largest absolute Gasteiger partial charge is 0.423 e. The van der Waals surface area contributed by atoms with Gasteiger partial charge in [-0.2, -0.15) is 4.31 Å². The van der Waals surface area contributed by atoms with Crippen molar-refractivity contribution in [3.8, 4) is 5.75 Å². The van der Waals surface area contributed by atoms with Crippen molar-refractivity contribution < 1.29 is 17.9 Å². The normalized spacial score (nSPS) is 11.9. The molecule has 0 spiro atoms. The van der Waals surface area contributed by atoms with E-state index in [0.717, 1.165) is 5.56 Å². The number of carbonyl (C=O) groups is 1. The first kappa shape index (κ1) is 22.4. The van der Waals surface area contributed by atoms with E-state index in [1.807, 2.05) is 13.0 Å². The third kappa shape index (κ3) is 4.74. The Labute approximate surface area is 172 Å². The molecule has 0 saturated heterocycles. The Hall–Kier alpha value is -1.89. The molecule has 0 saturated carbocycles. The van der Waals surface area contributed by atoms with Crippen LogP contribution in [0.1, 0.15) is 55.1 Å². The molecular formula is C21H26ClNO4S. The summed E-state index contributed by atoms with van der Waals surface area (Å²) in [6.07, 6.45) is 0. The number of aryl methyl sites for hydroxylation is 1. The van der Waals surface area contributed by atoms with E-state index in [4.69, 9.17) is 16.3 Å². The number of carbonyl (C=O) groups excluding carboxylic acids is 1. The highest BCUT2D eigenvalue weighted by Gasteiger charge is 2.24. The predicted octanol–water partition coefficient (Wildman–Crippen LogP) is 5.02. The van der Waals surface area contributed by atoms with Crippen LogP contribution >= 0.6 is 11.6 Å². The van der Waals surface area contributed by atoms with E-state index in [1.165, 1.54) is 28.1 Å². The van der Waals surface area contributed by atoms with Gasteiger partial charge in [0.05, 0.1) is 15.5 Å². The second-order valence-corrected chi connectivity index (χ2v) is 9.14. The minimum atomic E-state index is -3.70. The molecule has 0 fully saturated rings. The Morgan fingerprint density at radius 2 is 1.75 bits per heavy atom. The van der Waals surface area contributed by atoms with Crippen molar-refractivity contribution in [2.24, 2.45) is 0 Å². The Bertz CT molecular complexity index is 966. The number of hydrogen-bond donors (Lipinski definition) is 0. The number of rotatable bonds is 7. The lowest BCUT2D eigenvalue weighted by atomic mass is 9.98. The SMILES string of the molecule is CCN(CC)S(=O)(=O)c1ccc(Cl)c(C(=O)Oc2ccc(C(C)C)c(C)c2)c1. The molecule has 0 radical (unpaired) electrons. The highest BCUT2D eigenvalue weighted by molar-refractivity contribution is 7.89. The Morgan fingerprint density at radius 3 is 2.29 bits per heavy atom. The molecule has 0 bridgehead atoms. The minimum Gasteiger partial charge on any atom is -0.423 e. The summed E-state index contributed by atoms with van der Waals surface area (Å²) >= 11 is 6.14. The van der Waals surface area contributed by atoms with E-state index in [9.17, 15) is 13.2 Å². The molecule has 0 aromatic heterocycles. The topological polar surface area (TPSA) is 63.7 Å². The molecule has 0 aliphatic rings. The summed E-state index contributed by atoms with van der Waals surface area (Å²) in [5.41, 5.74) is 2.20. The van der Waals surface area contributed by atoms with Crippen LogP contribution in [0.25, 0.3) is 0 Å². The van der Waals surface area contributed by atoms with Gasteiger partial charge in [-0.25, -0.2) is 13.2 Å². The van der Waals surface area contributed by atoms with Gasteiger partial charge in [-0.15, -0.1) is 0 Å². The molecule has 152 valence electrons. The van der Waals surface area contributed by atoms with Gasteiger partial charge in [-0.3, -0.25) is 0 Å². The number of ether oxygens (including phenoxy) is 1. The molecule has 0 unspecified atom stereocenters. The predicted molar refractivity (Wildman–Crippen MR) is 112 cm³/mol. The number of benzene rings is 2. The maximum Gasteiger partial charge on any atom is 0.345 e. The lowest BCUT2D eigenvalue weighted by Gasteiger charge is -2.19. The van der Waals surface area contributed by atoms with Gasteiger partial charge < -0.3 is 4.74 Å². The fraction of sp³-hybridized carbons (Fsp3) is 0.381. The Kier molecular flexibility index (Phi) is 7.26. The molecule has 2 aromatic rings. The standard InChI is InChI=1S/C21H26ClNO4S/c1-6-23(7-2)28(25,26)17-9-11-20(22)19(13-17)21(24)27-16-8-10-18(14(3)4)15(5)12-16/h8-14H,6-7H2,1-5H3. The van der Waals surface area contributed by atoms with Gasteiger partial charge in [0.25, 0.3) is 0 Å². The number of nitrogens with zero attached hydrogens (tertiary/aromatic N) is 1. The van der Waals surface area contributed by atoms with E-state index in [2.05, 4.69) is 13.8 Å². The van der Waals surface area contributed by atoms with Gasteiger partial charge in [-0.1, -0.05) is 45.4 Å². The van der Waals surface area contributed by atoms with Gasteiger partial charge in [0, 0.05) is 13.1 Å². The maximum atomic E-state index is 12.7. The summed E-state index contributed by atoms with van der Waals surface area (Å²) in [6.45, 7) is 10.3. The summed E-state index contributed by atoms with van der Waals surface area (Å²) in [6, 6.07) is 9.51. The average molecular weight is 424 g/mol. The minimum absolute atomic E-state index is 0.0129. The molecular weight excluding hydrogens is 398 g/mol. The maximum absolute atomic E-state index is 12.7. The van der Waals surface area contributed by atoms with Gasteiger partial charge >= 0.3 is 5.97 Å². The van der Waals surface area contributed by atoms with Crippen molar-refractivity contribution in [1.82, 2.24) is 4.31 Å². The number of esters is 1. The van der Waals surface area contributed by atoms with Crippen molar-refractivity contribution in [1.29, 1.82) is 0 Å². The quantitative estimate of drug-likeness (QED) is 0.463. The molecule has 0 atom stereocenters. The first-order chi connectivity index (χ1) is 13.1. The van der Waals surface area contributed by atoms with E-state index in [-0.39, 0.29) is 15.5 Å². The van der Waals surface area contributed by atoms with E-state index in [1.54, 1.807) is 26.0 Å². The fourth-order valence-corrected chi connectivity index (χ4v) is 4.73. The van der Waals surface area contributed by atoms with Gasteiger partial charge in [0.1, 0.15) is 5.75 Å². The zero-order valence-electron chi connectivity index (χ0n) is 16.8.